The summed E-state index contributed by atoms with van der Waals surface area (Å²) in [5, 5.41) is 9.55. The molecule has 18 heavy (non-hydrogen) atoms. The van der Waals surface area contributed by atoms with E-state index in [0.717, 1.165) is 22.5 Å². The normalized spacial score (nSPS) is 10.3. The first-order valence-electron chi connectivity index (χ1n) is 5.16. The molecule has 0 aliphatic rings. The van der Waals surface area contributed by atoms with Gasteiger partial charge in [-0.05, 0) is 18.6 Å². The van der Waals surface area contributed by atoms with Gasteiger partial charge < -0.3 is 5.11 Å². The fourth-order valence-electron chi connectivity index (χ4n) is 1.53. The first-order chi connectivity index (χ1) is 8.50. The van der Waals surface area contributed by atoms with Gasteiger partial charge in [0, 0.05) is 24.9 Å². The fourth-order valence-corrected chi connectivity index (χ4v) is 2.57. The monoisotopic (exact) mass is 262 g/mol. The summed E-state index contributed by atoms with van der Waals surface area (Å²) < 4.78 is 0. The van der Waals surface area contributed by atoms with E-state index >= 15 is 0 Å². The van der Waals surface area contributed by atoms with Crippen molar-refractivity contribution in [1.29, 1.82) is 0 Å². The second-order valence-electron chi connectivity index (χ2n) is 3.75. The van der Waals surface area contributed by atoms with Crippen LogP contribution in [0.2, 0.25) is 0 Å². The average Bonchev–Trinajstić information content (AvgIpc) is 2.74. The van der Waals surface area contributed by atoms with Crippen molar-refractivity contribution in [3.8, 4) is 10.6 Å². The van der Waals surface area contributed by atoms with Crippen LogP contribution in [-0.4, -0.2) is 26.8 Å². The molecule has 2 heterocycles. The van der Waals surface area contributed by atoms with Gasteiger partial charge in [0.05, 0.1) is 0 Å². The molecule has 0 unspecified atom stereocenters. The third-order valence-electron chi connectivity index (χ3n) is 2.40. The van der Waals surface area contributed by atoms with Crippen LogP contribution in [-0.2, 0) is 0 Å². The molecule has 6 heteroatoms. The number of ketones is 1. The average molecular weight is 262 g/mol. The number of carboxylic acid groups (broad SMARTS) is 1. The number of carbonyl (C=O) groups is 2. The third-order valence-corrected chi connectivity index (χ3v) is 3.59. The Bertz CT molecular complexity index is 603. The fraction of sp³-hybridized carbons (Fsp3) is 0.167. The summed E-state index contributed by atoms with van der Waals surface area (Å²) in [6.07, 6.45) is 3.28. The van der Waals surface area contributed by atoms with E-state index < -0.39 is 5.97 Å². The van der Waals surface area contributed by atoms with E-state index in [0.29, 0.717) is 5.01 Å². The van der Waals surface area contributed by atoms with Crippen molar-refractivity contribution >= 4 is 23.1 Å². The first-order valence-corrected chi connectivity index (χ1v) is 5.98. The van der Waals surface area contributed by atoms with Gasteiger partial charge >= 0.3 is 5.97 Å². The number of hydrogen-bond donors (Lipinski definition) is 1. The van der Waals surface area contributed by atoms with Crippen molar-refractivity contribution in [2.24, 2.45) is 0 Å². The van der Waals surface area contributed by atoms with Gasteiger partial charge in [0.1, 0.15) is 9.88 Å². The van der Waals surface area contributed by atoms with Crippen LogP contribution in [0.25, 0.3) is 10.6 Å². The van der Waals surface area contributed by atoms with E-state index in [-0.39, 0.29) is 16.4 Å². The smallest absolute Gasteiger partial charge is 0.356 e. The lowest BCUT2D eigenvalue weighted by Crippen LogP contribution is -2.03. The minimum absolute atomic E-state index is 0.175. The maximum atomic E-state index is 11.4. The van der Waals surface area contributed by atoms with E-state index in [9.17, 15) is 9.59 Å². The molecule has 92 valence electrons. The minimum atomic E-state index is -1.19. The molecule has 0 saturated heterocycles. The molecular formula is C12H10N2O3S. The van der Waals surface area contributed by atoms with Crippen molar-refractivity contribution < 1.29 is 14.7 Å². The molecule has 0 spiro atoms. The number of Topliss-reactive ketones (excluding diaryl/α,β-unsaturated/α-hetero) is 1. The Morgan fingerprint density at radius 1 is 1.39 bits per heavy atom. The number of aromatic nitrogens is 2. The Hall–Kier alpha value is -2.08. The molecule has 5 nitrogen and oxygen atoms in total. The summed E-state index contributed by atoms with van der Waals surface area (Å²) >= 11 is 1.09. The molecule has 0 saturated carbocycles. The van der Waals surface area contributed by atoms with Crippen LogP contribution in [0.5, 0.6) is 0 Å². The molecule has 0 fully saturated rings. The van der Waals surface area contributed by atoms with Gasteiger partial charge in [-0.1, -0.05) is 0 Å². The molecule has 0 aliphatic carbocycles. The van der Waals surface area contributed by atoms with Crippen LogP contribution in [0.4, 0.5) is 0 Å². The van der Waals surface area contributed by atoms with Gasteiger partial charge in [-0.2, -0.15) is 0 Å². The van der Waals surface area contributed by atoms with Crippen molar-refractivity contribution in [3.05, 3.63) is 34.6 Å². The second-order valence-corrected chi connectivity index (χ2v) is 4.75. The SMILES string of the molecule is CC(=O)c1sc(-c2ccncc2C)nc1C(=O)O. The summed E-state index contributed by atoms with van der Waals surface area (Å²) in [4.78, 5) is 30.6. The van der Waals surface area contributed by atoms with E-state index in [2.05, 4.69) is 9.97 Å². The summed E-state index contributed by atoms with van der Waals surface area (Å²) in [5.41, 5.74) is 1.50. The summed E-state index contributed by atoms with van der Waals surface area (Å²) in [6, 6.07) is 1.75. The Morgan fingerprint density at radius 2 is 2.11 bits per heavy atom. The molecule has 0 amide bonds. The Morgan fingerprint density at radius 3 is 2.61 bits per heavy atom. The molecule has 1 N–H and O–H groups in total. The zero-order chi connectivity index (χ0) is 13.3. The van der Waals surface area contributed by atoms with E-state index in [1.54, 1.807) is 18.5 Å². The molecular weight excluding hydrogens is 252 g/mol. The molecule has 2 aromatic rings. The van der Waals surface area contributed by atoms with Gasteiger partial charge in [0.25, 0.3) is 0 Å². The van der Waals surface area contributed by atoms with Crippen LogP contribution in [0.1, 0.15) is 32.6 Å². The molecule has 0 aliphatic heterocycles. The predicted octanol–water partition coefficient (Wildman–Crippen LogP) is 2.41. The maximum Gasteiger partial charge on any atom is 0.356 e. The van der Waals surface area contributed by atoms with Gasteiger partial charge in [0.15, 0.2) is 11.5 Å². The van der Waals surface area contributed by atoms with E-state index in [1.165, 1.54) is 6.92 Å². The molecule has 2 aromatic heterocycles. The second kappa shape index (κ2) is 4.66. The van der Waals surface area contributed by atoms with Crippen LogP contribution in [0, 0.1) is 6.92 Å². The van der Waals surface area contributed by atoms with Crippen LogP contribution in [0.15, 0.2) is 18.5 Å². The molecule has 2 rings (SSSR count). The Labute approximate surface area is 107 Å². The lowest BCUT2D eigenvalue weighted by Gasteiger charge is -1.99. The van der Waals surface area contributed by atoms with E-state index in [1.807, 2.05) is 6.92 Å². The highest BCUT2D eigenvalue weighted by Gasteiger charge is 2.21. The Kier molecular flexibility index (Phi) is 3.20. The number of aromatic carboxylic acids is 1. The van der Waals surface area contributed by atoms with Crippen LogP contribution < -0.4 is 0 Å². The highest BCUT2D eigenvalue weighted by atomic mass is 32.1. The van der Waals surface area contributed by atoms with Gasteiger partial charge in [-0.25, -0.2) is 9.78 Å². The summed E-state index contributed by atoms with van der Waals surface area (Å²) in [6.45, 7) is 3.20. The summed E-state index contributed by atoms with van der Waals surface area (Å²) in [5.74, 6) is -1.47. The van der Waals surface area contributed by atoms with Crippen molar-refractivity contribution in [1.82, 2.24) is 9.97 Å². The van der Waals surface area contributed by atoms with Gasteiger partial charge in [-0.15, -0.1) is 11.3 Å². The predicted molar refractivity (Wildman–Crippen MR) is 67.0 cm³/mol. The highest BCUT2D eigenvalue weighted by molar-refractivity contribution is 7.17. The number of thiazole rings is 1. The molecule has 0 bridgehead atoms. The molecule has 0 radical (unpaired) electrons. The lowest BCUT2D eigenvalue weighted by molar-refractivity contribution is 0.0687. The van der Waals surface area contributed by atoms with Crippen LogP contribution >= 0.6 is 11.3 Å². The zero-order valence-electron chi connectivity index (χ0n) is 9.80. The molecule has 0 atom stereocenters. The maximum absolute atomic E-state index is 11.4. The number of carboxylic acids is 1. The zero-order valence-corrected chi connectivity index (χ0v) is 10.6. The largest absolute Gasteiger partial charge is 0.476 e. The van der Waals surface area contributed by atoms with E-state index in [4.69, 9.17) is 5.11 Å². The number of carbonyl (C=O) groups excluding carboxylic acids is 1. The summed E-state index contributed by atoms with van der Waals surface area (Å²) in [7, 11) is 0. The third kappa shape index (κ3) is 2.14. The number of hydrogen-bond acceptors (Lipinski definition) is 5. The van der Waals surface area contributed by atoms with Crippen molar-refractivity contribution in [3.63, 3.8) is 0 Å². The minimum Gasteiger partial charge on any atom is -0.476 e. The molecule has 0 aromatic carbocycles. The first kappa shape index (κ1) is 12.4. The topological polar surface area (TPSA) is 80.2 Å². The number of nitrogens with zero attached hydrogens (tertiary/aromatic N) is 2. The van der Waals surface area contributed by atoms with Crippen molar-refractivity contribution in [2.45, 2.75) is 13.8 Å². The number of rotatable bonds is 3. The quantitative estimate of drug-likeness (QED) is 0.859. The highest BCUT2D eigenvalue weighted by Crippen LogP contribution is 2.30. The number of pyridine rings is 1. The number of aryl methyl sites for hydroxylation is 1. The van der Waals surface area contributed by atoms with Gasteiger partial charge in [-0.3, -0.25) is 9.78 Å². The van der Waals surface area contributed by atoms with Crippen LogP contribution in [0.3, 0.4) is 0 Å². The standard InChI is InChI=1S/C12H10N2O3S/c1-6-5-13-4-3-8(6)11-14-9(12(16)17)10(18-11)7(2)15/h3-5H,1-2H3,(H,16,17). The Balaban J connectivity index is 2.61. The lowest BCUT2D eigenvalue weighted by atomic mass is 10.2. The van der Waals surface area contributed by atoms with Gasteiger partial charge in [0.2, 0.25) is 0 Å². The van der Waals surface area contributed by atoms with Crippen molar-refractivity contribution in [2.75, 3.05) is 0 Å².